The first-order valence-corrected chi connectivity index (χ1v) is 37.4. The van der Waals surface area contributed by atoms with Crippen LogP contribution in [-0.4, -0.2) is 49.3 Å². The minimum absolute atomic E-state index is 0.0533. The predicted octanol–water partition coefficient (Wildman–Crippen LogP) is 23.6. The van der Waals surface area contributed by atoms with Crippen molar-refractivity contribution in [3.8, 4) is 0 Å². The summed E-state index contributed by atoms with van der Waals surface area (Å²) in [6.07, 6.45) is 91.5. The van der Waals surface area contributed by atoms with Gasteiger partial charge in [0.05, 0.1) is 13.2 Å². The van der Waals surface area contributed by atoms with Crippen molar-refractivity contribution in [3.63, 3.8) is 0 Å². The van der Waals surface area contributed by atoms with Crippen molar-refractivity contribution >= 4 is 19.8 Å². The summed E-state index contributed by atoms with van der Waals surface area (Å²) in [4.78, 5) is 35.4. The smallest absolute Gasteiger partial charge is 0.462 e. The molecule has 9 nitrogen and oxygen atoms in total. The van der Waals surface area contributed by atoms with Crippen LogP contribution in [0.2, 0.25) is 0 Å². The average molecular weight is 1200 g/mol. The van der Waals surface area contributed by atoms with E-state index in [1.54, 1.807) is 0 Å². The summed E-state index contributed by atoms with van der Waals surface area (Å²) in [5, 5.41) is 0. The first-order valence-electron chi connectivity index (χ1n) is 35.9. The molecule has 0 aliphatic rings. The molecule has 0 bridgehead atoms. The fourth-order valence-electron chi connectivity index (χ4n) is 10.6. The Balaban J connectivity index is 3.84. The topological polar surface area (TPSA) is 134 Å². The Labute approximate surface area is 520 Å². The number of phosphoric acid groups is 1. The van der Waals surface area contributed by atoms with E-state index in [2.05, 4.69) is 86.8 Å². The number of carbonyl (C=O) groups is 2. The van der Waals surface area contributed by atoms with Crippen molar-refractivity contribution in [1.82, 2.24) is 0 Å². The molecule has 0 aliphatic carbocycles. The van der Waals surface area contributed by atoms with Crippen molar-refractivity contribution in [2.45, 2.75) is 360 Å². The molecule has 0 radical (unpaired) electrons. The zero-order valence-corrected chi connectivity index (χ0v) is 56.0. The van der Waals surface area contributed by atoms with Gasteiger partial charge in [0, 0.05) is 19.4 Å². The third-order valence-electron chi connectivity index (χ3n) is 15.9. The highest BCUT2D eigenvalue weighted by Crippen LogP contribution is 2.43. The largest absolute Gasteiger partial charge is 0.472 e. The van der Waals surface area contributed by atoms with Crippen LogP contribution in [0.3, 0.4) is 0 Å². The van der Waals surface area contributed by atoms with E-state index >= 15 is 0 Å². The molecule has 2 atom stereocenters. The van der Waals surface area contributed by atoms with Gasteiger partial charge in [-0.25, -0.2) is 4.57 Å². The van der Waals surface area contributed by atoms with E-state index in [4.69, 9.17) is 24.3 Å². The van der Waals surface area contributed by atoms with Gasteiger partial charge in [-0.3, -0.25) is 18.6 Å². The quantitative estimate of drug-likeness (QED) is 0.0264. The maximum Gasteiger partial charge on any atom is 0.472 e. The van der Waals surface area contributed by atoms with Gasteiger partial charge < -0.3 is 20.1 Å². The summed E-state index contributed by atoms with van der Waals surface area (Å²) in [7, 11) is -4.39. The highest BCUT2D eigenvalue weighted by molar-refractivity contribution is 7.47. The van der Waals surface area contributed by atoms with Crippen molar-refractivity contribution in [3.05, 3.63) is 72.9 Å². The highest BCUT2D eigenvalue weighted by Gasteiger charge is 2.26. The van der Waals surface area contributed by atoms with Crippen LogP contribution in [0.1, 0.15) is 354 Å². The summed E-state index contributed by atoms with van der Waals surface area (Å²) < 4.78 is 33.2. The Hall–Kier alpha value is -2.55. The summed E-state index contributed by atoms with van der Waals surface area (Å²) in [6, 6.07) is 0. The van der Waals surface area contributed by atoms with Crippen LogP contribution >= 0.6 is 7.82 Å². The Kier molecular flexibility index (Phi) is 67.4. The fourth-order valence-corrected chi connectivity index (χ4v) is 11.4. The lowest BCUT2D eigenvalue weighted by Crippen LogP contribution is -2.29. The van der Waals surface area contributed by atoms with Crippen molar-refractivity contribution < 1.29 is 37.6 Å². The van der Waals surface area contributed by atoms with Gasteiger partial charge in [0.1, 0.15) is 6.61 Å². The molecule has 0 aromatic rings. The van der Waals surface area contributed by atoms with Crippen LogP contribution in [0.4, 0.5) is 0 Å². The second kappa shape index (κ2) is 69.5. The minimum atomic E-state index is -4.39. The van der Waals surface area contributed by atoms with Crippen molar-refractivity contribution in [1.29, 1.82) is 0 Å². The zero-order valence-electron chi connectivity index (χ0n) is 55.1. The Morgan fingerprint density at radius 1 is 0.369 bits per heavy atom. The predicted molar refractivity (Wildman–Crippen MR) is 363 cm³/mol. The fraction of sp³-hybridized carbons (Fsp3) is 0.811. The number of hydrogen-bond donors (Lipinski definition) is 2. The Bertz CT molecular complexity index is 1610. The van der Waals surface area contributed by atoms with Crippen LogP contribution in [-0.2, 0) is 32.7 Å². The van der Waals surface area contributed by atoms with Crippen LogP contribution in [0.5, 0.6) is 0 Å². The number of esters is 2. The summed E-state index contributed by atoms with van der Waals surface area (Å²) in [5.74, 6) is -0.812. The maximum absolute atomic E-state index is 12.8. The number of hydrogen-bond acceptors (Lipinski definition) is 8. The monoisotopic (exact) mass is 1200 g/mol. The molecule has 10 heteroatoms. The second-order valence-electron chi connectivity index (χ2n) is 24.1. The SMILES string of the molecule is CC/C=C\C/C=C\C/C=C\C/C=C\C/C=C\C/C=C\CCCCCCCCCCCCCCCCC(=O)OC(COC(=O)CCCCCCCCCCCCCCCCCCCCCCCCCCCCCCCC)COP(=O)(O)OCCN. The third kappa shape index (κ3) is 68.6. The average Bonchev–Trinajstić information content (AvgIpc) is 3.55. The number of unbranched alkanes of at least 4 members (excludes halogenated alkanes) is 43. The van der Waals surface area contributed by atoms with E-state index in [1.165, 1.54) is 244 Å². The first-order chi connectivity index (χ1) is 41.3. The van der Waals surface area contributed by atoms with E-state index in [1.807, 2.05) is 0 Å². The van der Waals surface area contributed by atoms with Crippen LogP contribution < -0.4 is 5.73 Å². The van der Waals surface area contributed by atoms with Crippen molar-refractivity contribution in [2.24, 2.45) is 5.73 Å². The van der Waals surface area contributed by atoms with Gasteiger partial charge in [0.25, 0.3) is 0 Å². The van der Waals surface area contributed by atoms with E-state index in [0.29, 0.717) is 6.42 Å². The molecule has 0 aromatic carbocycles. The zero-order chi connectivity index (χ0) is 60.9. The van der Waals surface area contributed by atoms with Crippen LogP contribution in [0.15, 0.2) is 72.9 Å². The van der Waals surface area contributed by atoms with E-state index in [9.17, 15) is 19.0 Å². The number of phosphoric ester groups is 1. The highest BCUT2D eigenvalue weighted by atomic mass is 31.2. The Morgan fingerprint density at radius 2 is 0.655 bits per heavy atom. The lowest BCUT2D eigenvalue weighted by Gasteiger charge is -2.19. The molecular weight excluding hydrogens is 1060 g/mol. The summed E-state index contributed by atoms with van der Waals surface area (Å²) >= 11 is 0. The van der Waals surface area contributed by atoms with E-state index in [0.717, 1.165) is 77.0 Å². The summed E-state index contributed by atoms with van der Waals surface area (Å²) in [6.45, 7) is 3.69. The van der Waals surface area contributed by atoms with E-state index < -0.39 is 26.5 Å². The van der Waals surface area contributed by atoms with Gasteiger partial charge in [-0.1, -0.05) is 350 Å². The number of ether oxygens (including phenoxy) is 2. The number of allylic oxidation sites excluding steroid dienone is 12. The number of carbonyl (C=O) groups excluding carboxylic acids is 2. The Morgan fingerprint density at radius 3 is 0.976 bits per heavy atom. The first kappa shape index (κ1) is 81.5. The van der Waals surface area contributed by atoms with Crippen LogP contribution in [0, 0.1) is 0 Å². The molecule has 0 saturated heterocycles. The van der Waals surface area contributed by atoms with Gasteiger partial charge in [-0.05, 0) is 64.2 Å². The molecule has 0 saturated carbocycles. The van der Waals surface area contributed by atoms with E-state index in [-0.39, 0.29) is 38.6 Å². The molecule has 2 unspecified atom stereocenters. The molecule has 490 valence electrons. The molecular formula is C74H136NO8P. The van der Waals surface area contributed by atoms with Gasteiger partial charge in [0.2, 0.25) is 0 Å². The molecule has 84 heavy (non-hydrogen) atoms. The number of rotatable bonds is 68. The number of nitrogens with two attached hydrogens (primary N) is 1. The second-order valence-corrected chi connectivity index (χ2v) is 25.5. The minimum Gasteiger partial charge on any atom is -0.462 e. The third-order valence-corrected chi connectivity index (χ3v) is 16.8. The molecule has 0 aliphatic heterocycles. The lowest BCUT2D eigenvalue weighted by molar-refractivity contribution is -0.161. The maximum atomic E-state index is 12.8. The lowest BCUT2D eigenvalue weighted by atomic mass is 10.0. The molecule has 0 fully saturated rings. The van der Waals surface area contributed by atoms with Gasteiger partial charge in [-0.2, -0.15) is 0 Å². The van der Waals surface area contributed by atoms with Gasteiger partial charge in [0.15, 0.2) is 6.10 Å². The van der Waals surface area contributed by atoms with Crippen molar-refractivity contribution in [2.75, 3.05) is 26.4 Å². The van der Waals surface area contributed by atoms with Gasteiger partial charge >= 0.3 is 19.8 Å². The molecule has 0 heterocycles. The molecule has 0 amide bonds. The molecule has 3 N–H and O–H groups in total. The molecule has 0 rings (SSSR count). The standard InChI is InChI=1S/C74H136NO8P/c1-3-5-7-9-11-13-15-17-19-21-23-25-27-29-31-33-35-36-37-39-41-43-45-47-49-51-53-55-57-59-61-63-65-67-74(77)83-72(71-82-84(78,79)81-69-68-75)70-80-73(76)66-64-62-60-58-56-54-52-50-48-46-44-42-40-38-34-32-30-28-26-24-22-20-18-16-14-12-10-8-6-4-2/h5,7,11,13,17,19,23,25,29,31,35-36,72H,3-4,6,8-10,12,14-16,18,20-22,24,26-28,30,32-34,37-71,75H2,1-2H3,(H,78,79)/b7-5-,13-11-,19-17-,25-23-,31-29-,36-35-. The van der Waals surface area contributed by atoms with Crippen LogP contribution in [0.25, 0.3) is 0 Å². The van der Waals surface area contributed by atoms with Gasteiger partial charge in [-0.15, -0.1) is 0 Å². The molecule has 0 spiro atoms. The summed E-state index contributed by atoms with van der Waals surface area (Å²) in [5.41, 5.74) is 5.41. The normalized spacial score (nSPS) is 13.3. The molecule has 0 aromatic heterocycles.